The number of anilines is 1. The molecule has 3 aromatic rings. The molecule has 3 rings (SSSR count). The Hall–Kier alpha value is -1.83. The molecule has 0 fully saturated rings. The Labute approximate surface area is 156 Å². The Morgan fingerprint density at radius 2 is 2.25 bits per heavy atom. The minimum Gasteiger partial charge on any atom is -0.496 e. The van der Waals surface area contributed by atoms with Crippen LogP contribution in [0.1, 0.15) is 15.2 Å². The maximum Gasteiger partial charge on any atom is 0.260 e. The van der Waals surface area contributed by atoms with Gasteiger partial charge in [0.25, 0.3) is 5.91 Å². The van der Waals surface area contributed by atoms with Gasteiger partial charge in [0.1, 0.15) is 11.6 Å². The van der Waals surface area contributed by atoms with Crippen LogP contribution >= 0.6 is 38.9 Å². The summed E-state index contributed by atoms with van der Waals surface area (Å²) in [5, 5.41) is 9.59. The van der Waals surface area contributed by atoms with Crippen LogP contribution in [0.5, 0.6) is 5.75 Å². The molecule has 0 bridgehead atoms. The summed E-state index contributed by atoms with van der Waals surface area (Å²) in [5.41, 5.74) is 0.372. The number of carbonyl (C=O) groups excluding carboxylic acids is 1. The summed E-state index contributed by atoms with van der Waals surface area (Å²) < 4.78 is 7.98. The second kappa shape index (κ2) is 7.38. The number of amides is 1. The van der Waals surface area contributed by atoms with Crippen molar-refractivity contribution in [2.45, 2.75) is 6.54 Å². The zero-order valence-electron chi connectivity index (χ0n) is 12.6. The highest BCUT2D eigenvalue weighted by atomic mass is 79.9. The summed E-state index contributed by atoms with van der Waals surface area (Å²) in [5.74, 6) is 0.764. The van der Waals surface area contributed by atoms with Crippen molar-refractivity contribution in [2.24, 2.45) is 0 Å². The van der Waals surface area contributed by atoms with E-state index in [-0.39, 0.29) is 5.91 Å². The fraction of sp³-hybridized carbons (Fsp3) is 0.125. The van der Waals surface area contributed by atoms with Crippen LogP contribution in [0, 0.1) is 0 Å². The van der Waals surface area contributed by atoms with Crippen LogP contribution in [0.25, 0.3) is 0 Å². The number of benzene rings is 1. The van der Waals surface area contributed by atoms with Gasteiger partial charge >= 0.3 is 0 Å². The number of thiophene rings is 1. The fourth-order valence-electron chi connectivity index (χ4n) is 2.19. The van der Waals surface area contributed by atoms with Gasteiger partial charge in [-0.05, 0) is 40.2 Å². The van der Waals surface area contributed by atoms with E-state index < -0.39 is 0 Å². The number of halogens is 2. The summed E-state index contributed by atoms with van der Waals surface area (Å²) in [6.07, 6.45) is 1.65. The number of methoxy groups -OCH3 is 1. The average molecular weight is 427 g/mol. The standard InChI is InChI=1S/C16H13BrClN3O2S/c1-23-14-3-2-11(18)7-13(14)16(22)20-15-4-5-19-21(15)8-12-6-10(17)9-24-12/h2-7,9H,8H2,1H3,(H,20,22). The summed E-state index contributed by atoms with van der Waals surface area (Å²) in [7, 11) is 1.51. The molecule has 0 spiro atoms. The van der Waals surface area contributed by atoms with Gasteiger partial charge in [0.2, 0.25) is 0 Å². The molecule has 0 unspecified atom stereocenters. The summed E-state index contributed by atoms with van der Waals surface area (Å²) >= 11 is 11.0. The Bertz CT molecular complexity index is 878. The molecule has 0 atom stereocenters. The topological polar surface area (TPSA) is 56.1 Å². The lowest BCUT2D eigenvalue weighted by molar-refractivity contribution is 0.102. The van der Waals surface area contributed by atoms with Gasteiger partial charge in [-0.2, -0.15) is 5.10 Å². The van der Waals surface area contributed by atoms with E-state index in [1.54, 1.807) is 46.5 Å². The van der Waals surface area contributed by atoms with Gasteiger partial charge in [-0.15, -0.1) is 11.3 Å². The van der Waals surface area contributed by atoms with Gasteiger partial charge in [0.15, 0.2) is 0 Å². The van der Waals surface area contributed by atoms with Crippen molar-refractivity contribution in [3.8, 4) is 5.75 Å². The highest BCUT2D eigenvalue weighted by Crippen LogP contribution is 2.25. The zero-order valence-corrected chi connectivity index (χ0v) is 15.8. The van der Waals surface area contributed by atoms with Gasteiger partial charge in [-0.3, -0.25) is 4.79 Å². The number of carbonyl (C=O) groups is 1. The number of nitrogens with zero attached hydrogens (tertiary/aromatic N) is 2. The molecule has 124 valence electrons. The third-order valence-electron chi connectivity index (χ3n) is 3.29. The SMILES string of the molecule is COc1ccc(Cl)cc1C(=O)Nc1ccnn1Cc1cc(Br)cs1. The van der Waals surface area contributed by atoms with Gasteiger partial charge in [-0.1, -0.05) is 11.6 Å². The Morgan fingerprint density at radius 3 is 2.96 bits per heavy atom. The van der Waals surface area contributed by atoms with Crippen molar-refractivity contribution < 1.29 is 9.53 Å². The second-order valence-electron chi connectivity index (χ2n) is 4.90. The van der Waals surface area contributed by atoms with Crippen LogP contribution in [0.2, 0.25) is 5.02 Å². The molecule has 1 N–H and O–H groups in total. The lowest BCUT2D eigenvalue weighted by Crippen LogP contribution is -2.16. The minimum atomic E-state index is -0.302. The van der Waals surface area contributed by atoms with Crippen LogP contribution < -0.4 is 10.1 Å². The van der Waals surface area contributed by atoms with Crippen LogP contribution in [0.3, 0.4) is 0 Å². The fourth-order valence-corrected chi connectivity index (χ4v) is 3.79. The number of hydrogen-bond donors (Lipinski definition) is 1. The predicted octanol–water partition coefficient (Wildman–Crippen LogP) is 4.67. The van der Waals surface area contributed by atoms with E-state index in [1.165, 1.54) is 7.11 Å². The van der Waals surface area contributed by atoms with Crippen molar-refractivity contribution in [1.29, 1.82) is 0 Å². The quantitative estimate of drug-likeness (QED) is 0.645. The van der Waals surface area contributed by atoms with Gasteiger partial charge in [-0.25, -0.2) is 4.68 Å². The van der Waals surface area contributed by atoms with E-state index in [4.69, 9.17) is 16.3 Å². The highest BCUT2D eigenvalue weighted by molar-refractivity contribution is 9.10. The van der Waals surface area contributed by atoms with Crippen molar-refractivity contribution in [2.75, 3.05) is 12.4 Å². The normalized spacial score (nSPS) is 10.6. The minimum absolute atomic E-state index is 0.302. The lowest BCUT2D eigenvalue weighted by Gasteiger charge is -2.11. The van der Waals surface area contributed by atoms with Gasteiger partial charge in [0.05, 0.1) is 25.4 Å². The van der Waals surface area contributed by atoms with E-state index in [1.807, 2.05) is 11.4 Å². The largest absolute Gasteiger partial charge is 0.496 e. The molecule has 2 aromatic heterocycles. The van der Waals surface area contributed by atoms with Crippen LogP contribution in [-0.2, 0) is 6.54 Å². The molecular weight excluding hydrogens is 414 g/mol. The molecule has 1 amide bonds. The Balaban J connectivity index is 1.81. The van der Waals surface area contributed by atoms with E-state index in [0.29, 0.717) is 28.7 Å². The van der Waals surface area contributed by atoms with Crippen molar-refractivity contribution in [1.82, 2.24) is 9.78 Å². The van der Waals surface area contributed by atoms with Crippen molar-refractivity contribution in [3.63, 3.8) is 0 Å². The van der Waals surface area contributed by atoms with E-state index in [9.17, 15) is 4.79 Å². The molecule has 5 nitrogen and oxygen atoms in total. The van der Waals surface area contributed by atoms with E-state index in [2.05, 4.69) is 26.3 Å². The molecule has 0 radical (unpaired) electrons. The number of rotatable bonds is 5. The number of ether oxygens (including phenoxy) is 1. The summed E-state index contributed by atoms with van der Waals surface area (Å²) in [6.45, 7) is 0.575. The number of nitrogens with one attached hydrogen (secondary N) is 1. The number of hydrogen-bond acceptors (Lipinski definition) is 4. The molecule has 2 heterocycles. The molecule has 0 aliphatic carbocycles. The average Bonchev–Trinajstić information content (AvgIpc) is 3.17. The molecule has 0 saturated heterocycles. The monoisotopic (exact) mass is 425 g/mol. The molecule has 0 saturated carbocycles. The van der Waals surface area contributed by atoms with Crippen molar-refractivity contribution in [3.05, 3.63) is 61.8 Å². The Kier molecular flexibility index (Phi) is 5.23. The van der Waals surface area contributed by atoms with Crippen LogP contribution in [0.4, 0.5) is 5.82 Å². The molecule has 24 heavy (non-hydrogen) atoms. The summed E-state index contributed by atoms with van der Waals surface area (Å²) in [4.78, 5) is 13.7. The number of aromatic nitrogens is 2. The first kappa shape index (κ1) is 17.0. The Morgan fingerprint density at radius 1 is 1.42 bits per heavy atom. The van der Waals surface area contributed by atoms with Gasteiger partial charge < -0.3 is 10.1 Å². The third-order valence-corrected chi connectivity index (χ3v) is 5.21. The van der Waals surface area contributed by atoms with Crippen LogP contribution in [0.15, 0.2) is 46.4 Å². The third kappa shape index (κ3) is 3.80. The second-order valence-corrected chi connectivity index (χ2v) is 7.25. The highest BCUT2D eigenvalue weighted by Gasteiger charge is 2.15. The smallest absolute Gasteiger partial charge is 0.260 e. The summed E-state index contributed by atoms with van der Waals surface area (Å²) in [6, 6.07) is 8.69. The lowest BCUT2D eigenvalue weighted by atomic mass is 10.2. The zero-order chi connectivity index (χ0) is 17.1. The first-order valence-electron chi connectivity index (χ1n) is 6.96. The van der Waals surface area contributed by atoms with E-state index >= 15 is 0 Å². The maximum absolute atomic E-state index is 12.6. The van der Waals surface area contributed by atoms with E-state index in [0.717, 1.165) is 9.35 Å². The predicted molar refractivity (Wildman–Crippen MR) is 99.3 cm³/mol. The molecule has 8 heteroatoms. The molecular formula is C16H13BrClN3O2S. The molecule has 0 aliphatic rings. The maximum atomic E-state index is 12.6. The first-order chi connectivity index (χ1) is 11.6. The molecule has 1 aromatic carbocycles. The van der Waals surface area contributed by atoms with Crippen molar-refractivity contribution >= 4 is 50.6 Å². The molecule has 0 aliphatic heterocycles. The van der Waals surface area contributed by atoms with Gasteiger partial charge in [0, 0.05) is 25.8 Å². The van der Waals surface area contributed by atoms with Crippen LogP contribution in [-0.4, -0.2) is 22.8 Å². The first-order valence-corrected chi connectivity index (χ1v) is 9.01.